The van der Waals surface area contributed by atoms with Crippen LogP contribution in [0.3, 0.4) is 0 Å². The molecule has 0 amide bonds. The molecule has 1 heterocycles. The van der Waals surface area contributed by atoms with Crippen LogP contribution >= 0.6 is 12.4 Å². The Morgan fingerprint density at radius 1 is 1.16 bits per heavy atom. The standard InChI is InChI=1S/C11H11F3N4.ClH/c12-11(13,14)8-3-1-7(2-4-8)10(16)9(15)5-17-6-18-10;/h1-6H,15-16H2,(H,17,18);1H. The van der Waals surface area contributed by atoms with Crippen LogP contribution in [-0.4, -0.2) is 6.34 Å². The Hall–Kier alpha value is -1.73. The van der Waals surface area contributed by atoms with Crippen LogP contribution in [0.5, 0.6) is 0 Å². The molecular formula is C11H12ClF3N4. The van der Waals surface area contributed by atoms with Gasteiger partial charge in [-0.05, 0) is 12.1 Å². The molecule has 0 saturated carbocycles. The molecule has 0 aromatic heterocycles. The van der Waals surface area contributed by atoms with Crippen LogP contribution in [0.15, 0.2) is 41.2 Å². The highest BCUT2D eigenvalue weighted by atomic mass is 35.5. The summed E-state index contributed by atoms with van der Waals surface area (Å²) in [5.74, 6) is 0. The Morgan fingerprint density at radius 3 is 2.21 bits per heavy atom. The number of rotatable bonds is 1. The smallest absolute Gasteiger partial charge is 0.397 e. The summed E-state index contributed by atoms with van der Waals surface area (Å²) in [5.41, 5.74) is 10.2. The van der Waals surface area contributed by atoms with Crippen molar-refractivity contribution < 1.29 is 13.2 Å². The van der Waals surface area contributed by atoms with Gasteiger partial charge in [0, 0.05) is 11.8 Å². The lowest BCUT2D eigenvalue weighted by atomic mass is 9.96. The molecule has 0 aliphatic carbocycles. The number of alkyl halides is 3. The fourth-order valence-corrected chi connectivity index (χ4v) is 1.61. The topological polar surface area (TPSA) is 76.4 Å². The number of nitrogens with two attached hydrogens (primary N) is 2. The van der Waals surface area contributed by atoms with Gasteiger partial charge in [0.15, 0.2) is 5.66 Å². The lowest BCUT2D eigenvalue weighted by molar-refractivity contribution is -0.137. The summed E-state index contributed by atoms with van der Waals surface area (Å²) in [6.45, 7) is 0. The van der Waals surface area contributed by atoms with Crippen LogP contribution in [0, 0.1) is 0 Å². The third-order valence-corrected chi connectivity index (χ3v) is 2.67. The minimum atomic E-state index is -4.38. The van der Waals surface area contributed by atoms with Gasteiger partial charge in [0.05, 0.1) is 17.6 Å². The number of aliphatic imine (C=N–C) groups is 1. The molecule has 0 saturated heterocycles. The second kappa shape index (κ2) is 5.10. The van der Waals surface area contributed by atoms with E-state index in [0.717, 1.165) is 12.1 Å². The molecule has 4 nitrogen and oxygen atoms in total. The largest absolute Gasteiger partial charge is 0.416 e. The lowest BCUT2D eigenvalue weighted by Crippen LogP contribution is -2.43. The van der Waals surface area contributed by atoms with E-state index >= 15 is 0 Å². The minimum Gasteiger partial charge on any atom is -0.397 e. The van der Waals surface area contributed by atoms with E-state index in [1.807, 2.05) is 0 Å². The highest BCUT2D eigenvalue weighted by Crippen LogP contribution is 2.32. The predicted octanol–water partition coefficient (Wildman–Crippen LogP) is 1.67. The fourth-order valence-electron chi connectivity index (χ4n) is 1.61. The minimum absolute atomic E-state index is 0. The van der Waals surface area contributed by atoms with Crippen LogP contribution in [0.4, 0.5) is 13.2 Å². The summed E-state index contributed by atoms with van der Waals surface area (Å²) < 4.78 is 37.3. The van der Waals surface area contributed by atoms with Gasteiger partial charge in [0.2, 0.25) is 0 Å². The summed E-state index contributed by atoms with van der Waals surface area (Å²) >= 11 is 0. The van der Waals surface area contributed by atoms with Crippen LogP contribution in [0.1, 0.15) is 11.1 Å². The van der Waals surface area contributed by atoms with Crippen molar-refractivity contribution in [2.45, 2.75) is 11.8 Å². The molecule has 1 aromatic rings. The molecule has 0 spiro atoms. The summed E-state index contributed by atoms with van der Waals surface area (Å²) in [5, 5.41) is 2.66. The predicted molar refractivity (Wildman–Crippen MR) is 68.5 cm³/mol. The van der Waals surface area contributed by atoms with Gasteiger partial charge >= 0.3 is 6.18 Å². The van der Waals surface area contributed by atoms with Crippen molar-refractivity contribution in [1.82, 2.24) is 5.32 Å². The zero-order chi connectivity index (χ0) is 13.4. The maximum absolute atomic E-state index is 12.4. The summed E-state index contributed by atoms with van der Waals surface area (Å²) in [7, 11) is 0. The lowest BCUT2D eigenvalue weighted by Gasteiger charge is -2.28. The van der Waals surface area contributed by atoms with Gasteiger partial charge in [-0.1, -0.05) is 12.1 Å². The van der Waals surface area contributed by atoms with Crippen molar-refractivity contribution in [3.05, 3.63) is 47.3 Å². The normalized spacial score (nSPS) is 22.2. The molecule has 8 heteroatoms. The van der Waals surface area contributed by atoms with E-state index in [2.05, 4.69) is 10.3 Å². The van der Waals surface area contributed by atoms with Crippen molar-refractivity contribution in [3.8, 4) is 0 Å². The van der Waals surface area contributed by atoms with E-state index in [0.29, 0.717) is 5.56 Å². The molecule has 5 N–H and O–H groups in total. The first-order valence-electron chi connectivity index (χ1n) is 5.06. The first-order valence-corrected chi connectivity index (χ1v) is 5.06. The van der Waals surface area contributed by atoms with E-state index in [4.69, 9.17) is 11.5 Å². The quantitative estimate of drug-likeness (QED) is 0.737. The fraction of sp³-hybridized carbons (Fsp3) is 0.182. The summed E-state index contributed by atoms with van der Waals surface area (Å²) in [6, 6.07) is 4.45. The van der Waals surface area contributed by atoms with Crippen molar-refractivity contribution in [2.24, 2.45) is 16.5 Å². The van der Waals surface area contributed by atoms with Crippen LogP contribution in [0.25, 0.3) is 0 Å². The molecule has 0 fully saturated rings. The van der Waals surface area contributed by atoms with Crippen molar-refractivity contribution in [1.29, 1.82) is 0 Å². The number of nitrogens with zero attached hydrogens (tertiary/aromatic N) is 1. The number of hydrogen-bond acceptors (Lipinski definition) is 4. The average Bonchev–Trinajstić information content (AvgIpc) is 2.32. The zero-order valence-corrected chi connectivity index (χ0v) is 10.4. The highest BCUT2D eigenvalue weighted by molar-refractivity contribution is 5.85. The summed E-state index contributed by atoms with van der Waals surface area (Å²) in [4.78, 5) is 3.97. The van der Waals surface area contributed by atoms with Crippen LogP contribution < -0.4 is 16.8 Å². The molecule has 0 radical (unpaired) electrons. The maximum Gasteiger partial charge on any atom is 0.416 e. The van der Waals surface area contributed by atoms with Gasteiger partial charge in [0.1, 0.15) is 0 Å². The number of nitrogens with one attached hydrogen (secondary N) is 1. The van der Waals surface area contributed by atoms with Crippen LogP contribution in [0.2, 0.25) is 0 Å². The molecule has 19 heavy (non-hydrogen) atoms. The Morgan fingerprint density at radius 2 is 1.74 bits per heavy atom. The monoisotopic (exact) mass is 292 g/mol. The molecule has 1 unspecified atom stereocenters. The SMILES string of the molecule is Cl.NC1=CNC=NC1(N)c1ccc(C(F)(F)F)cc1. The zero-order valence-electron chi connectivity index (χ0n) is 9.61. The second-order valence-electron chi connectivity index (χ2n) is 3.87. The van der Waals surface area contributed by atoms with Crippen molar-refractivity contribution >= 4 is 18.7 Å². The summed E-state index contributed by atoms with van der Waals surface area (Å²) in [6.07, 6.45) is -1.59. The Bertz CT molecular complexity index is 510. The molecule has 1 atom stereocenters. The van der Waals surface area contributed by atoms with E-state index in [-0.39, 0.29) is 18.1 Å². The van der Waals surface area contributed by atoms with Gasteiger partial charge < -0.3 is 11.1 Å². The van der Waals surface area contributed by atoms with Gasteiger partial charge in [-0.3, -0.25) is 5.73 Å². The van der Waals surface area contributed by atoms with Gasteiger partial charge in [-0.15, -0.1) is 12.4 Å². The van der Waals surface area contributed by atoms with Crippen molar-refractivity contribution in [3.63, 3.8) is 0 Å². The Kier molecular flexibility index (Phi) is 4.12. The number of hydrogen-bond donors (Lipinski definition) is 3. The number of benzene rings is 1. The first-order chi connectivity index (χ1) is 8.34. The van der Waals surface area contributed by atoms with Gasteiger partial charge in [0.25, 0.3) is 0 Å². The van der Waals surface area contributed by atoms with E-state index < -0.39 is 17.4 Å². The third-order valence-electron chi connectivity index (χ3n) is 2.67. The van der Waals surface area contributed by atoms with Gasteiger partial charge in [-0.25, -0.2) is 4.99 Å². The molecular weight excluding hydrogens is 281 g/mol. The Labute approximate surface area is 113 Å². The molecule has 104 valence electrons. The highest BCUT2D eigenvalue weighted by Gasteiger charge is 2.34. The third kappa shape index (κ3) is 2.82. The van der Waals surface area contributed by atoms with E-state index in [9.17, 15) is 13.2 Å². The van der Waals surface area contributed by atoms with E-state index in [1.165, 1.54) is 24.7 Å². The Balaban J connectivity index is 0.00000180. The second-order valence-corrected chi connectivity index (χ2v) is 3.87. The van der Waals surface area contributed by atoms with Crippen LogP contribution in [-0.2, 0) is 11.8 Å². The molecule has 1 aliphatic heterocycles. The first kappa shape index (κ1) is 15.3. The average molecular weight is 293 g/mol. The molecule has 1 aliphatic rings. The molecule has 0 bridgehead atoms. The maximum atomic E-state index is 12.4. The van der Waals surface area contributed by atoms with Gasteiger partial charge in [-0.2, -0.15) is 13.2 Å². The van der Waals surface area contributed by atoms with E-state index in [1.54, 1.807) is 0 Å². The molecule has 1 aromatic carbocycles. The number of halogens is 4. The molecule has 2 rings (SSSR count). The van der Waals surface area contributed by atoms with Crippen molar-refractivity contribution in [2.75, 3.05) is 0 Å².